The van der Waals surface area contributed by atoms with Gasteiger partial charge >= 0.3 is 0 Å². The van der Waals surface area contributed by atoms with E-state index in [1.165, 1.54) is 0 Å². The van der Waals surface area contributed by atoms with Crippen LogP contribution < -0.4 is 0 Å². The number of rotatable bonds is 1. The average Bonchev–Trinajstić information content (AvgIpc) is 2.84. The molecule has 6 nitrogen and oxygen atoms in total. The number of nitrogens with one attached hydrogen (secondary N) is 1. The van der Waals surface area contributed by atoms with Crippen molar-refractivity contribution in [1.29, 1.82) is 5.26 Å². The number of pyridine rings is 1. The van der Waals surface area contributed by atoms with E-state index < -0.39 is 5.88 Å². The van der Waals surface area contributed by atoms with Crippen LogP contribution in [0, 0.1) is 11.3 Å². The van der Waals surface area contributed by atoms with Crippen molar-refractivity contribution in [3.8, 4) is 29.1 Å². The van der Waals surface area contributed by atoms with E-state index in [1.807, 2.05) is 24.3 Å². The van der Waals surface area contributed by atoms with Crippen LogP contribution in [-0.4, -0.2) is 25.2 Å². The SMILES string of the molecule is N#Cc1c(O)nc2[nH]c(-c3ccc(Br)cc3)nc2c1O. The number of hydrogen-bond acceptors (Lipinski definition) is 5. The summed E-state index contributed by atoms with van der Waals surface area (Å²) in [4.78, 5) is 10.9. The summed E-state index contributed by atoms with van der Waals surface area (Å²) in [6.45, 7) is 0. The van der Waals surface area contributed by atoms with E-state index in [0.717, 1.165) is 10.0 Å². The second-order valence-electron chi connectivity index (χ2n) is 4.06. The maximum absolute atomic E-state index is 9.92. The maximum atomic E-state index is 9.92. The molecule has 0 unspecified atom stereocenters. The molecule has 0 bridgehead atoms. The minimum absolute atomic E-state index is 0.150. The number of aromatic nitrogens is 3. The van der Waals surface area contributed by atoms with Crippen molar-refractivity contribution in [2.75, 3.05) is 0 Å². The lowest BCUT2D eigenvalue weighted by Crippen LogP contribution is -1.85. The Hall–Kier alpha value is -2.59. The molecular weight excluding hydrogens is 324 g/mol. The van der Waals surface area contributed by atoms with Gasteiger partial charge in [-0.25, -0.2) is 4.98 Å². The van der Waals surface area contributed by atoms with Gasteiger partial charge in [-0.2, -0.15) is 10.2 Å². The maximum Gasteiger partial charge on any atom is 0.235 e. The Morgan fingerprint density at radius 3 is 2.50 bits per heavy atom. The number of nitriles is 1. The average molecular weight is 331 g/mol. The third-order valence-electron chi connectivity index (χ3n) is 2.82. The number of benzene rings is 1. The molecule has 0 saturated heterocycles. The van der Waals surface area contributed by atoms with E-state index in [-0.39, 0.29) is 22.5 Å². The summed E-state index contributed by atoms with van der Waals surface area (Å²) >= 11 is 3.34. The van der Waals surface area contributed by atoms with Gasteiger partial charge < -0.3 is 15.2 Å². The zero-order chi connectivity index (χ0) is 14.3. The summed E-state index contributed by atoms with van der Waals surface area (Å²) in [6.07, 6.45) is 0. The lowest BCUT2D eigenvalue weighted by molar-refractivity contribution is 0.436. The Labute approximate surface area is 121 Å². The van der Waals surface area contributed by atoms with Crippen LogP contribution in [0.1, 0.15) is 5.56 Å². The van der Waals surface area contributed by atoms with Crippen molar-refractivity contribution in [3.05, 3.63) is 34.3 Å². The van der Waals surface area contributed by atoms with Crippen LogP contribution in [0.3, 0.4) is 0 Å². The van der Waals surface area contributed by atoms with Gasteiger partial charge in [0, 0.05) is 10.0 Å². The van der Waals surface area contributed by atoms with Crippen LogP contribution in [-0.2, 0) is 0 Å². The van der Waals surface area contributed by atoms with Gasteiger partial charge in [-0.1, -0.05) is 28.1 Å². The monoisotopic (exact) mass is 330 g/mol. The first-order valence-electron chi connectivity index (χ1n) is 5.58. The predicted molar refractivity (Wildman–Crippen MR) is 75.1 cm³/mol. The Kier molecular flexibility index (Phi) is 2.80. The van der Waals surface area contributed by atoms with Crippen molar-refractivity contribution in [1.82, 2.24) is 15.0 Å². The summed E-state index contributed by atoms with van der Waals surface area (Å²) < 4.78 is 0.933. The summed E-state index contributed by atoms with van der Waals surface area (Å²) in [6, 6.07) is 9.07. The summed E-state index contributed by atoms with van der Waals surface area (Å²) in [5.74, 6) is -0.414. The highest BCUT2D eigenvalue weighted by Crippen LogP contribution is 2.32. The number of imidazole rings is 1. The van der Waals surface area contributed by atoms with Gasteiger partial charge in [0.05, 0.1) is 0 Å². The lowest BCUT2D eigenvalue weighted by atomic mass is 10.2. The fourth-order valence-corrected chi connectivity index (χ4v) is 2.11. The molecule has 3 aromatic rings. The Bertz CT molecular complexity index is 849. The van der Waals surface area contributed by atoms with E-state index in [2.05, 4.69) is 30.9 Å². The van der Waals surface area contributed by atoms with E-state index >= 15 is 0 Å². The molecule has 20 heavy (non-hydrogen) atoms. The number of fused-ring (bicyclic) bond motifs is 1. The normalized spacial score (nSPS) is 10.6. The molecule has 3 rings (SSSR count). The van der Waals surface area contributed by atoms with Crippen LogP contribution >= 0.6 is 15.9 Å². The zero-order valence-electron chi connectivity index (χ0n) is 9.92. The molecule has 2 aromatic heterocycles. The number of H-pyrrole nitrogens is 1. The minimum Gasteiger partial charge on any atom is -0.504 e. The zero-order valence-corrected chi connectivity index (χ0v) is 11.5. The predicted octanol–water partition coefficient (Wildman–Crippen LogP) is 2.67. The van der Waals surface area contributed by atoms with Crippen molar-refractivity contribution in [3.63, 3.8) is 0 Å². The van der Waals surface area contributed by atoms with Crippen LogP contribution in [0.2, 0.25) is 0 Å². The molecule has 0 aliphatic rings. The molecular formula is C13H7BrN4O2. The standard InChI is InChI=1S/C13H7BrN4O2/c14-7-3-1-6(2-4-7)11-16-9-10(19)8(5-15)13(20)18-12(9)17-11/h1-4H,(H3,16,17,18,19,20). The van der Waals surface area contributed by atoms with E-state index in [1.54, 1.807) is 6.07 Å². The van der Waals surface area contributed by atoms with Gasteiger partial charge in [-0.05, 0) is 12.1 Å². The number of aromatic amines is 1. The van der Waals surface area contributed by atoms with Crippen molar-refractivity contribution in [2.24, 2.45) is 0 Å². The molecule has 0 aliphatic carbocycles. The molecule has 1 aromatic carbocycles. The highest BCUT2D eigenvalue weighted by Gasteiger charge is 2.17. The third-order valence-corrected chi connectivity index (χ3v) is 3.35. The first-order chi connectivity index (χ1) is 9.60. The summed E-state index contributed by atoms with van der Waals surface area (Å²) in [7, 11) is 0. The molecule has 98 valence electrons. The minimum atomic E-state index is -0.525. The molecule has 0 aliphatic heterocycles. The second kappa shape index (κ2) is 4.51. The molecule has 0 spiro atoms. The first kappa shape index (κ1) is 12.4. The Balaban J connectivity index is 2.23. The third kappa shape index (κ3) is 1.87. The Morgan fingerprint density at radius 2 is 1.85 bits per heavy atom. The molecule has 2 heterocycles. The van der Waals surface area contributed by atoms with Gasteiger partial charge in [0.1, 0.15) is 11.9 Å². The molecule has 0 saturated carbocycles. The number of nitrogens with zero attached hydrogens (tertiary/aromatic N) is 3. The van der Waals surface area contributed by atoms with Gasteiger partial charge in [0.2, 0.25) is 5.88 Å². The molecule has 3 N–H and O–H groups in total. The largest absolute Gasteiger partial charge is 0.504 e. The lowest BCUT2D eigenvalue weighted by Gasteiger charge is -1.97. The second-order valence-corrected chi connectivity index (χ2v) is 4.98. The van der Waals surface area contributed by atoms with Crippen LogP contribution in [0.5, 0.6) is 11.6 Å². The van der Waals surface area contributed by atoms with E-state index in [4.69, 9.17) is 5.26 Å². The fourth-order valence-electron chi connectivity index (χ4n) is 1.84. The Morgan fingerprint density at radius 1 is 1.15 bits per heavy atom. The topological polar surface area (TPSA) is 106 Å². The van der Waals surface area contributed by atoms with Crippen molar-refractivity contribution >= 4 is 27.1 Å². The summed E-state index contributed by atoms with van der Waals surface area (Å²) in [5, 5.41) is 28.3. The highest BCUT2D eigenvalue weighted by molar-refractivity contribution is 9.10. The van der Waals surface area contributed by atoms with Crippen molar-refractivity contribution in [2.45, 2.75) is 0 Å². The smallest absolute Gasteiger partial charge is 0.235 e. The van der Waals surface area contributed by atoms with Crippen LogP contribution in [0.4, 0.5) is 0 Å². The van der Waals surface area contributed by atoms with E-state index in [0.29, 0.717) is 5.82 Å². The molecule has 0 radical (unpaired) electrons. The van der Waals surface area contributed by atoms with E-state index in [9.17, 15) is 10.2 Å². The number of halogens is 1. The molecule has 0 amide bonds. The van der Waals surface area contributed by atoms with Gasteiger partial charge in [0.25, 0.3) is 0 Å². The highest BCUT2D eigenvalue weighted by atomic mass is 79.9. The number of aromatic hydroxyl groups is 2. The summed E-state index contributed by atoms with van der Waals surface area (Å²) in [5.41, 5.74) is 0.879. The van der Waals surface area contributed by atoms with Gasteiger partial charge in [-0.15, -0.1) is 0 Å². The fraction of sp³-hybridized carbons (Fsp3) is 0. The molecule has 0 atom stereocenters. The molecule has 0 fully saturated rings. The van der Waals surface area contributed by atoms with Gasteiger partial charge in [-0.3, -0.25) is 0 Å². The molecule has 7 heteroatoms. The van der Waals surface area contributed by atoms with Gasteiger partial charge in [0.15, 0.2) is 22.5 Å². The number of hydrogen-bond donors (Lipinski definition) is 3. The van der Waals surface area contributed by atoms with Crippen LogP contribution in [0.25, 0.3) is 22.6 Å². The first-order valence-corrected chi connectivity index (χ1v) is 6.37. The van der Waals surface area contributed by atoms with Crippen LogP contribution in [0.15, 0.2) is 28.7 Å². The van der Waals surface area contributed by atoms with Crippen molar-refractivity contribution < 1.29 is 10.2 Å². The quantitative estimate of drug-likeness (QED) is 0.636.